The highest BCUT2D eigenvalue weighted by atomic mass is 16.6. The van der Waals surface area contributed by atoms with Gasteiger partial charge in [0, 0.05) is 23.4 Å². The van der Waals surface area contributed by atoms with Gasteiger partial charge in [0.2, 0.25) is 0 Å². The maximum Gasteiger partial charge on any atom is 0.269 e. The van der Waals surface area contributed by atoms with E-state index in [2.05, 4.69) is 5.32 Å². The summed E-state index contributed by atoms with van der Waals surface area (Å²) < 4.78 is 6.03. The van der Waals surface area contributed by atoms with Crippen molar-refractivity contribution in [3.63, 3.8) is 0 Å². The van der Waals surface area contributed by atoms with Gasteiger partial charge in [-0.1, -0.05) is 60.2 Å². The van der Waals surface area contributed by atoms with E-state index in [0.29, 0.717) is 22.6 Å². The first-order chi connectivity index (χ1) is 17.4. The number of benzene rings is 4. The van der Waals surface area contributed by atoms with Gasteiger partial charge in [-0.15, -0.1) is 0 Å². The van der Waals surface area contributed by atoms with Crippen molar-refractivity contribution in [2.75, 3.05) is 5.32 Å². The molecule has 4 aromatic rings. The molecule has 0 aliphatic carbocycles. The normalized spacial score (nSPS) is 11.1. The van der Waals surface area contributed by atoms with Crippen molar-refractivity contribution >= 4 is 34.1 Å². The maximum absolute atomic E-state index is 13.0. The summed E-state index contributed by atoms with van der Waals surface area (Å²) in [6, 6.07) is 25.1. The van der Waals surface area contributed by atoms with Crippen molar-refractivity contribution in [2.45, 2.75) is 20.5 Å². The number of fused-ring (bicyclic) bond motifs is 1. The molecule has 1 N–H and O–H groups in total. The Bertz CT molecular complexity index is 1550. The van der Waals surface area contributed by atoms with Gasteiger partial charge >= 0.3 is 0 Å². The second kappa shape index (κ2) is 10.5. The third-order valence-corrected chi connectivity index (χ3v) is 5.73. The minimum atomic E-state index is -0.526. The molecule has 0 fully saturated rings. The van der Waals surface area contributed by atoms with Crippen LogP contribution < -0.4 is 10.1 Å². The van der Waals surface area contributed by atoms with Crippen molar-refractivity contribution in [3.05, 3.63) is 117 Å². The number of amides is 1. The number of nitrogens with one attached hydrogen (secondary N) is 1. The fraction of sp³-hybridized carbons (Fsp3) is 0.103. The van der Waals surface area contributed by atoms with Gasteiger partial charge in [-0.05, 0) is 54.0 Å². The summed E-state index contributed by atoms with van der Waals surface area (Å²) >= 11 is 0. The number of carbonyl (C=O) groups is 1. The molecule has 0 unspecified atom stereocenters. The molecule has 4 aromatic carbocycles. The number of nitro groups is 1. The van der Waals surface area contributed by atoms with E-state index in [1.807, 2.05) is 68.4 Å². The van der Waals surface area contributed by atoms with Crippen LogP contribution in [0, 0.1) is 35.3 Å². The summed E-state index contributed by atoms with van der Waals surface area (Å²) in [6.45, 7) is 3.94. The maximum atomic E-state index is 13.0. The molecule has 1 amide bonds. The fourth-order valence-electron chi connectivity index (χ4n) is 3.91. The molecule has 0 radical (unpaired) electrons. The summed E-state index contributed by atoms with van der Waals surface area (Å²) in [6.07, 6.45) is 1.52. The van der Waals surface area contributed by atoms with Crippen molar-refractivity contribution in [3.8, 4) is 11.8 Å². The van der Waals surface area contributed by atoms with E-state index in [0.717, 1.165) is 21.9 Å². The Morgan fingerprint density at radius 2 is 1.86 bits per heavy atom. The van der Waals surface area contributed by atoms with Gasteiger partial charge < -0.3 is 10.1 Å². The van der Waals surface area contributed by atoms with Gasteiger partial charge in [-0.2, -0.15) is 5.26 Å². The topological polar surface area (TPSA) is 105 Å². The van der Waals surface area contributed by atoms with Crippen LogP contribution in [-0.4, -0.2) is 10.8 Å². The number of nitrogens with zero attached hydrogens (tertiary/aromatic N) is 2. The van der Waals surface area contributed by atoms with Gasteiger partial charge in [0.05, 0.1) is 4.92 Å². The molecule has 0 bridgehead atoms. The molecule has 7 heteroatoms. The third-order valence-electron chi connectivity index (χ3n) is 5.73. The summed E-state index contributed by atoms with van der Waals surface area (Å²) in [5, 5.41) is 25.5. The van der Waals surface area contributed by atoms with E-state index < -0.39 is 10.8 Å². The molecule has 0 atom stereocenters. The molecular weight excluding hydrogens is 454 g/mol. The quantitative estimate of drug-likeness (QED) is 0.142. The highest BCUT2D eigenvalue weighted by Gasteiger charge is 2.15. The van der Waals surface area contributed by atoms with Crippen LogP contribution in [0.15, 0.2) is 84.4 Å². The van der Waals surface area contributed by atoms with Gasteiger partial charge in [0.15, 0.2) is 0 Å². The number of nitriles is 1. The highest BCUT2D eigenvalue weighted by Crippen LogP contribution is 2.31. The average Bonchev–Trinajstić information content (AvgIpc) is 2.88. The monoisotopic (exact) mass is 477 g/mol. The predicted octanol–water partition coefficient (Wildman–Crippen LogP) is 6.49. The van der Waals surface area contributed by atoms with E-state index in [4.69, 9.17) is 4.74 Å². The van der Waals surface area contributed by atoms with E-state index >= 15 is 0 Å². The van der Waals surface area contributed by atoms with Crippen molar-refractivity contribution in [2.24, 2.45) is 0 Å². The summed E-state index contributed by atoms with van der Waals surface area (Å²) in [5.41, 5.74) is 3.70. The summed E-state index contributed by atoms with van der Waals surface area (Å²) in [4.78, 5) is 23.7. The lowest BCUT2D eigenvalue weighted by Crippen LogP contribution is -2.14. The largest absolute Gasteiger partial charge is 0.488 e. The molecule has 0 saturated carbocycles. The Balaban J connectivity index is 1.69. The molecule has 178 valence electrons. The summed E-state index contributed by atoms with van der Waals surface area (Å²) in [7, 11) is 0. The average molecular weight is 478 g/mol. The Hall–Kier alpha value is -4.96. The van der Waals surface area contributed by atoms with Gasteiger partial charge in [0.1, 0.15) is 24.0 Å². The van der Waals surface area contributed by atoms with Crippen LogP contribution in [0.3, 0.4) is 0 Å². The lowest BCUT2D eigenvalue weighted by molar-refractivity contribution is -0.384. The zero-order chi connectivity index (χ0) is 25.7. The number of aryl methyl sites for hydroxylation is 2. The molecule has 36 heavy (non-hydrogen) atoms. The van der Waals surface area contributed by atoms with Crippen molar-refractivity contribution in [1.82, 2.24) is 0 Å². The number of anilines is 1. The standard InChI is InChI=1S/C29H23N3O4/c1-19-10-12-27(20(2)14-19)31-29(33)23(17-30)16-26-25-9-4-3-7-22(25)11-13-28(26)36-18-21-6-5-8-24(15-21)32(34)35/h3-16H,18H2,1-2H3,(H,31,33)/b23-16+. The van der Waals surface area contributed by atoms with E-state index in [1.165, 1.54) is 18.2 Å². The van der Waals surface area contributed by atoms with E-state index in [9.17, 15) is 20.2 Å². The van der Waals surface area contributed by atoms with Gasteiger partial charge in [-0.25, -0.2) is 0 Å². The van der Waals surface area contributed by atoms with Crippen LogP contribution in [0.1, 0.15) is 22.3 Å². The number of ether oxygens (including phenoxy) is 1. The molecular formula is C29H23N3O4. The molecule has 0 aromatic heterocycles. The van der Waals surface area contributed by atoms with Crippen LogP contribution in [0.4, 0.5) is 11.4 Å². The molecule has 7 nitrogen and oxygen atoms in total. The number of rotatable bonds is 7. The Labute approximate surface area is 208 Å². The number of non-ortho nitro benzene ring substituents is 1. The molecule has 0 aliphatic rings. The Morgan fingerprint density at radius 1 is 1.06 bits per heavy atom. The molecule has 4 rings (SSSR count). The number of carbonyl (C=O) groups excluding carboxylic acids is 1. The lowest BCUT2D eigenvalue weighted by Gasteiger charge is -2.13. The van der Waals surface area contributed by atoms with Crippen molar-refractivity contribution < 1.29 is 14.5 Å². The first-order valence-corrected chi connectivity index (χ1v) is 11.2. The number of hydrogen-bond acceptors (Lipinski definition) is 5. The second-order valence-electron chi connectivity index (χ2n) is 8.36. The molecule has 0 heterocycles. The lowest BCUT2D eigenvalue weighted by atomic mass is 10.0. The fourth-order valence-corrected chi connectivity index (χ4v) is 3.91. The van der Waals surface area contributed by atoms with Crippen LogP contribution in [0.2, 0.25) is 0 Å². The second-order valence-corrected chi connectivity index (χ2v) is 8.36. The van der Waals surface area contributed by atoms with Crippen LogP contribution >= 0.6 is 0 Å². The van der Waals surface area contributed by atoms with Crippen LogP contribution in [0.5, 0.6) is 5.75 Å². The number of hydrogen-bond donors (Lipinski definition) is 1. The first kappa shape index (κ1) is 24.2. The smallest absolute Gasteiger partial charge is 0.269 e. The Morgan fingerprint density at radius 3 is 2.61 bits per heavy atom. The highest BCUT2D eigenvalue weighted by molar-refractivity contribution is 6.11. The summed E-state index contributed by atoms with van der Waals surface area (Å²) in [5.74, 6) is -0.0747. The zero-order valence-corrected chi connectivity index (χ0v) is 19.8. The molecule has 0 aliphatic heterocycles. The number of nitro benzene ring substituents is 1. The molecule has 0 spiro atoms. The predicted molar refractivity (Wildman–Crippen MR) is 140 cm³/mol. The van der Waals surface area contributed by atoms with Gasteiger partial charge in [0.25, 0.3) is 11.6 Å². The van der Waals surface area contributed by atoms with Gasteiger partial charge in [-0.3, -0.25) is 14.9 Å². The zero-order valence-electron chi connectivity index (χ0n) is 19.8. The SMILES string of the molecule is Cc1ccc(NC(=O)/C(C#N)=C/c2c(OCc3cccc([N+](=O)[O-])c3)ccc3ccccc23)c(C)c1. The van der Waals surface area contributed by atoms with Crippen molar-refractivity contribution in [1.29, 1.82) is 5.26 Å². The minimum Gasteiger partial charge on any atom is -0.488 e. The Kier molecular flexibility index (Phi) is 7.07. The van der Waals surface area contributed by atoms with Crippen LogP contribution in [-0.2, 0) is 11.4 Å². The molecule has 0 saturated heterocycles. The minimum absolute atomic E-state index is 0.0235. The first-order valence-electron chi connectivity index (χ1n) is 11.2. The van der Waals surface area contributed by atoms with E-state index in [-0.39, 0.29) is 17.9 Å². The van der Waals surface area contributed by atoms with E-state index in [1.54, 1.807) is 18.2 Å². The van der Waals surface area contributed by atoms with Crippen LogP contribution in [0.25, 0.3) is 16.8 Å². The third kappa shape index (κ3) is 5.40.